The molecule has 0 fully saturated rings. The molecular weight excluding hydrogens is 232 g/mol. The Hall–Kier alpha value is -0.560. The van der Waals surface area contributed by atoms with Gasteiger partial charge in [0.15, 0.2) is 0 Å². The summed E-state index contributed by atoms with van der Waals surface area (Å²) in [5.74, 6) is 0. The van der Waals surface area contributed by atoms with Crippen LogP contribution >= 0.6 is 0 Å². The maximum atomic E-state index is 8.63. The van der Waals surface area contributed by atoms with Gasteiger partial charge in [-0.2, -0.15) is 0 Å². The molecule has 0 bridgehead atoms. The van der Waals surface area contributed by atoms with Gasteiger partial charge in [-0.15, -0.1) is 0 Å². The third-order valence-corrected chi connectivity index (χ3v) is 3.33. The Labute approximate surface area is 120 Å². The van der Waals surface area contributed by atoms with E-state index in [1.54, 1.807) is 0 Å². The zero-order valence-corrected chi connectivity index (χ0v) is 12.9. The molecule has 1 heteroatoms. The average Bonchev–Trinajstić information content (AvgIpc) is 2.43. The molecule has 0 aromatic rings. The molecule has 0 saturated carbocycles. The zero-order chi connectivity index (χ0) is 14.0. The molecule has 0 aromatic heterocycles. The standard InChI is InChI=1S/C18H34O/c1-2-3-4-5-6-7-8-9-10-11-12-13-14-15-16-17-18-19/h5-6,14-15,19H,2-4,7-13,16-18H2,1H3/b6-5-,15-14-. The van der Waals surface area contributed by atoms with Gasteiger partial charge in [0.25, 0.3) is 0 Å². The van der Waals surface area contributed by atoms with E-state index in [4.69, 9.17) is 5.11 Å². The fraction of sp³-hybridized carbons (Fsp3) is 0.778. The van der Waals surface area contributed by atoms with E-state index in [0.717, 1.165) is 12.8 Å². The second-order valence-electron chi connectivity index (χ2n) is 5.30. The lowest BCUT2D eigenvalue weighted by atomic mass is 10.1. The fourth-order valence-electron chi connectivity index (χ4n) is 2.06. The topological polar surface area (TPSA) is 20.2 Å². The smallest absolute Gasteiger partial charge is 0.0433 e. The summed E-state index contributed by atoms with van der Waals surface area (Å²) in [5.41, 5.74) is 0. The number of aliphatic hydroxyl groups excluding tert-OH is 1. The number of rotatable bonds is 14. The molecule has 0 spiro atoms. The van der Waals surface area contributed by atoms with Gasteiger partial charge in [0.05, 0.1) is 0 Å². The molecule has 0 amide bonds. The predicted molar refractivity (Wildman–Crippen MR) is 86.4 cm³/mol. The molecule has 0 unspecified atom stereocenters. The van der Waals surface area contributed by atoms with Gasteiger partial charge in [-0.05, 0) is 44.9 Å². The molecule has 1 nitrogen and oxygen atoms in total. The zero-order valence-electron chi connectivity index (χ0n) is 12.9. The molecular formula is C18H34O. The number of unbranched alkanes of at least 4 members (excludes halogenated alkanes) is 9. The van der Waals surface area contributed by atoms with Gasteiger partial charge in [-0.25, -0.2) is 0 Å². The first-order valence-corrected chi connectivity index (χ1v) is 8.32. The number of allylic oxidation sites excluding steroid dienone is 4. The van der Waals surface area contributed by atoms with Gasteiger partial charge in [-0.1, -0.05) is 63.3 Å². The van der Waals surface area contributed by atoms with E-state index in [0.29, 0.717) is 6.61 Å². The van der Waals surface area contributed by atoms with Crippen LogP contribution in [0.3, 0.4) is 0 Å². The van der Waals surface area contributed by atoms with E-state index in [2.05, 4.69) is 31.2 Å². The van der Waals surface area contributed by atoms with Gasteiger partial charge < -0.3 is 5.11 Å². The molecule has 19 heavy (non-hydrogen) atoms. The van der Waals surface area contributed by atoms with Crippen LogP contribution in [0.5, 0.6) is 0 Å². The van der Waals surface area contributed by atoms with Crippen molar-refractivity contribution in [2.75, 3.05) is 6.61 Å². The summed E-state index contributed by atoms with van der Waals surface area (Å²) in [6.07, 6.45) is 24.3. The van der Waals surface area contributed by atoms with Crippen LogP contribution in [0.4, 0.5) is 0 Å². The minimum absolute atomic E-state index is 0.317. The summed E-state index contributed by atoms with van der Waals surface area (Å²) in [5, 5.41) is 8.63. The van der Waals surface area contributed by atoms with Crippen LogP contribution in [-0.4, -0.2) is 11.7 Å². The van der Waals surface area contributed by atoms with Crippen molar-refractivity contribution >= 4 is 0 Å². The Bertz CT molecular complexity index is 184. The third-order valence-electron chi connectivity index (χ3n) is 3.33. The van der Waals surface area contributed by atoms with Gasteiger partial charge >= 0.3 is 0 Å². The lowest BCUT2D eigenvalue weighted by molar-refractivity contribution is 0.289. The molecule has 0 aromatic carbocycles. The van der Waals surface area contributed by atoms with Crippen LogP contribution < -0.4 is 0 Å². The van der Waals surface area contributed by atoms with Gasteiger partial charge in [0.1, 0.15) is 0 Å². The van der Waals surface area contributed by atoms with E-state index in [9.17, 15) is 0 Å². The molecule has 0 heterocycles. The summed E-state index contributed by atoms with van der Waals surface area (Å²) in [4.78, 5) is 0. The molecule has 0 atom stereocenters. The van der Waals surface area contributed by atoms with Crippen molar-refractivity contribution < 1.29 is 5.11 Å². The van der Waals surface area contributed by atoms with E-state index >= 15 is 0 Å². The Morgan fingerprint density at radius 3 is 1.47 bits per heavy atom. The number of aliphatic hydroxyl groups is 1. The minimum Gasteiger partial charge on any atom is -0.396 e. The first kappa shape index (κ1) is 18.4. The Kier molecular flexibility index (Phi) is 16.9. The predicted octanol–water partition coefficient (Wildman–Crippen LogP) is 5.79. The van der Waals surface area contributed by atoms with Crippen LogP contribution in [0.1, 0.15) is 84.0 Å². The molecule has 0 aliphatic rings. The highest BCUT2D eigenvalue weighted by Gasteiger charge is 1.89. The van der Waals surface area contributed by atoms with Gasteiger partial charge in [0.2, 0.25) is 0 Å². The summed E-state index contributed by atoms with van der Waals surface area (Å²) < 4.78 is 0. The van der Waals surface area contributed by atoms with Gasteiger partial charge in [0, 0.05) is 6.61 Å². The second-order valence-corrected chi connectivity index (χ2v) is 5.30. The van der Waals surface area contributed by atoms with Crippen LogP contribution in [0.15, 0.2) is 24.3 Å². The van der Waals surface area contributed by atoms with Gasteiger partial charge in [-0.3, -0.25) is 0 Å². The maximum absolute atomic E-state index is 8.63. The quantitative estimate of drug-likeness (QED) is 0.311. The molecule has 1 N–H and O–H groups in total. The molecule has 112 valence electrons. The largest absolute Gasteiger partial charge is 0.396 e. The summed E-state index contributed by atoms with van der Waals surface area (Å²) in [7, 11) is 0. The van der Waals surface area contributed by atoms with Crippen molar-refractivity contribution in [3.8, 4) is 0 Å². The lowest BCUT2D eigenvalue weighted by Crippen LogP contribution is -1.80. The SMILES string of the molecule is CCCC/C=C\CCCCCCC/C=C\CCCO. The molecule has 0 radical (unpaired) electrons. The number of hydrogen-bond donors (Lipinski definition) is 1. The third kappa shape index (κ3) is 17.4. The van der Waals surface area contributed by atoms with Crippen molar-refractivity contribution in [1.29, 1.82) is 0 Å². The normalized spacial score (nSPS) is 11.9. The Balaban J connectivity index is 3.06. The molecule has 0 aliphatic heterocycles. The molecule has 0 aliphatic carbocycles. The summed E-state index contributed by atoms with van der Waals surface area (Å²) >= 11 is 0. The first-order chi connectivity index (χ1) is 9.41. The number of hydrogen-bond acceptors (Lipinski definition) is 1. The summed E-state index contributed by atoms with van der Waals surface area (Å²) in [6, 6.07) is 0. The second kappa shape index (κ2) is 17.4. The monoisotopic (exact) mass is 266 g/mol. The van der Waals surface area contributed by atoms with E-state index in [1.165, 1.54) is 64.2 Å². The molecule has 0 rings (SSSR count). The summed E-state index contributed by atoms with van der Waals surface area (Å²) in [6.45, 7) is 2.56. The van der Waals surface area contributed by atoms with E-state index in [1.807, 2.05) is 0 Å². The molecule has 0 saturated heterocycles. The highest BCUT2D eigenvalue weighted by Crippen LogP contribution is 2.08. The van der Waals surface area contributed by atoms with Crippen molar-refractivity contribution in [2.45, 2.75) is 84.0 Å². The van der Waals surface area contributed by atoms with E-state index < -0.39 is 0 Å². The highest BCUT2D eigenvalue weighted by atomic mass is 16.2. The van der Waals surface area contributed by atoms with Crippen molar-refractivity contribution in [2.24, 2.45) is 0 Å². The maximum Gasteiger partial charge on any atom is 0.0433 e. The van der Waals surface area contributed by atoms with Crippen LogP contribution in [0.25, 0.3) is 0 Å². The first-order valence-electron chi connectivity index (χ1n) is 8.32. The Morgan fingerprint density at radius 2 is 1.00 bits per heavy atom. The van der Waals surface area contributed by atoms with Crippen LogP contribution in [-0.2, 0) is 0 Å². The van der Waals surface area contributed by atoms with Crippen molar-refractivity contribution in [1.82, 2.24) is 0 Å². The fourth-order valence-corrected chi connectivity index (χ4v) is 2.06. The van der Waals surface area contributed by atoms with Crippen molar-refractivity contribution in [3.05, 3.63) is 24.3 Å². The van der Waals surface area contributed by atoms with Crippen molar-refractivity contribution in [3.63, 3.8) is 0 Å². The Morgan fingerprint density at radius 1 is 0.579 bits per heavy atom. The van der Waals surface area contributed by atoms with E-state index in [-0.39, 0.29) is 0 Å². The minimum atomic E-state index is 0.317. The highest BCUT2D eigenvalue weighted by molar-refractivity contribution is 4.82. The lowest BCUT2D eigenvalue weighted by Gasteiger charge is -1.98. The average molecular weight is 266 g/mol. The van der Waals surface area contributed by atoms with Crippen LogP contribution in [0.2, 0.25) is 0 Å². The van der Waals surface area contributed by atoms with Crippen LogP contribution in [0, 0.1) is 0 Å².